The van der Waals surface area contributed by atoms with Gasteiger partial charge in [-0.3, -0.25) is 9.59 Å². The summed E-state index contributed by atoms with van der Waals surface area (Å²) >= 11 is 10.4. The van der Waals surface area contributed by atoms with Crippen LogP contribution >= 0.6 is 39.9 Å². The molecule has 1 aromatic carbocycles. The van der Waals surface area contributed by atoms with Gasteiger partial charge in [-0.2, -0.15) is 0 Å². The maximum Gasteiger partial charge on any atom is 0.250 e. The number of aromatic nitrogens is 1. The summed E-state index contributed by atoms with van der Waals surface area (Å²) in [7, 11) is 0. The van der Waals surface area contributed by atoms with Gasteiger partial charge in [-0.05, 0) is 42.7 Å². The molecule has 0 unspecified atom stereocenters. The number of benzene rings is 1. The molecular formula is C20H20BrN3O2S2. The summed E-state index contributed by atoms with van der Waals surface area (Å²) in [6.07, 6.45) is 1.09. The maximum atomic E-state index is 12.2. The molecule has 1 fully saturated rings. The minimum atomic E-state index is -0.0660. The number of pyridine rings is 1. The van der Waals surface area contributed by atoms with Gasteiger partial charge in [0, 0.05) is 47.5 Å². The Bertz CT molecular complexity index is 961. The van der Waals surface area contributed by atoms with Crippen molar-refractivity contribution in [3.05, 3.63) is 63.0 Å². The highest BCUT2D eigenvalue weighted by atomic mass is 79.9. The van der Waals surface area contributed by atoms with Gasteiger partial charge < -0.3 is 14.8 Å². The van der Waals surface area contributed by atoms with Crippen LogP contribution in [0.4, 0.5) is 5.69 Å². The summed E-state index contributed by atoms with van der Waals surface area (Å²) < 4.78 is 3.64. The number of fused-ring (bicyclic) bond motifs is 4. The summed E-state index contributed by atoms with van der Waals surface area (Å²) in [6.45, 7) is 2.40. The van der Waals surface area contributed by atoms with Crippen LogP contribution in [0.2, 0.25) is 0 Å². The molecular weight excluding hydrogens is 458 g/mol. The number of carbonyl (C=O) groups is 1. The van der Waals surface area contributed by atoms with Gasteiger partial charge in [-0.25, -0.2) is 0 Å². The van der Waals surface area contributed by atoms with Crippen molar-refractivity contribution in [2.24, 2.45) is 5.92 Å². The van der Waals surface area contributed by atoms with Crippen molar-refractivity contribution in [1.82, 2.24) is 9.47 Å². The number of thioether (sulfide) groups is 1. The third-order valence-electron chi connectivity index (χ3n) is 5.19. The molecule has 2 aromatic rings. The Morgan fingerprint density at radius 2 is 1.96 bits per heavy atom. The number of piperidine rings is 1. The largest absolute Gasteiger partial charge is 0.356 e. The van der Waals surface area contributed by atoms with Crippen LogP contribution in [0.25, 0.3) is 0 Å². The third-order valence-corrected chi connectivity index (χ3v) is 7.24. The number of amides is 1. The quantitative estimate of drug-likeness (QED) is 0.683. The second-order valence-corrected chi connectivity index (χ2v) is 9.74. The first-order valence-electron chi connectivity index (χ1n) is 9.16. The maximum absolute atomic E-state index is 12.2. The van der Waals surface area contributed by atoms with Crippen LogP contribution in [-0.2, 0) is 11.3 Å². The van der Waals surface area contributed by atoms with Gasteiger partial charge in [0.2, 0.25) is 5.91 Å². The predicted molar refractivity (Wildman–Crippen MR) is 121 cm³/mol. The number of hydrogen-bond acceptors (Lipinski definition) is 4. The molecule has 1 N–H and O–H groups in total. The number of anilines is 1. The fourth-order valence-corrected chi connectivity index (χ4v) is 5.24. The lowest BCUT2D eigenvalue weighted by Gasteiger charge is -2.43. The van der Waals surface area contributed by atoms with E-state index in [1.54, 1.807) is 6.07 Å². The average molecular weight is 478 g/mol. The Morgan fingerprint density at radius 1 is 1.18 bits per heavy atom. The standard InChI is InChI=1S/C20H20BrN3O2S2/c21-15-4-6-16(7-5-15)22-18(25)12-28-20(27)23-9-13-8-14(11-23)17-2-1-3-19(26)24(17)10-13/h1-7,13-14H,8-12H2,(H,22,25)/t13-,14-/m0/s1. The second-order valence-electron chi connectivity index (χ2n) is 7.21. The number of thiocarbonyl (C=S) groups is 1. The Morgan fingerprint density at radius 3 is 2.75 bits per heavy atom. The zero-order valence-corrected chi connectivity index (χ0v) is 18.4. The van der Waals surface area contributed by atoms with Crippen LogP contribution in [0.15, 0.2) is 51.7 Å². The zero-order chi connectivity index (χ0) is 19.7. The molecule has 3 heterocycles. The van der Waals surface area contributed by atoms with E-state index < -0.39 is 0 Å². The lowest BCUT2D eigenvalue weighted by atomic mass is 9.83. The van der Waals surface area contributed by atoms with Crippen molar-refractivity contribution in [2.45, 2.75) is 18.9 Å². The summed E-state index contributed by atoms with van der Waals surface area (Å²) in [5, 5.41) is 2.89. The van der Waals surface area contributed by atoms with E-state index in [0.717, 1.165) is 46.2 Å². The molecule has 2 aliphatic rings. The Balaban J connectivity index is 1.34. The molecule has 0 saturated carbocycles. The molecule has 0 spiro atoms. The number of rotatable bonds is 3. The Hall–Kier alpha value is -1.64. The number of halogens is 1. The number of nitrogens with zero attached hydrogens (tertiary/aromatic N) is 2. The summed E-state index contributed by atoms with van der Waals surface area (Å²) in [5.41, 5.74) is 1.96. The topological polar surface area (TPSA) is 54.3 Å². The van der Waals surface area contributed by atoms with E-state index >= 15 is 0 Å². The van der Waals surface area contributed by atoms with Crippen molar-refractivity contribution in [1.29, 1.82) is 0 Å². The van der Waals surface area contributed by atoms with Gasteiger partial charge in [0.05, 0.1) is 5.75 Å². The van der Waals surface area contributed by atoms with E-state index in [-0.39, 0.29) is 17.2 Å². The molecule has 146 valence electrons. The normalized spacial score (nSPS) is 20.4. The predicted octanol–water partition coefficient (Wildman–Crippen LogP) is 3.69. The van der Waals surface area contributed by atoms with Crippen LogP contribution in [0.5, 0.6) is 0 Å². The first kappa shape index (κ1) is 19.7. The van der Waals surface area contributed by atoms with E-state index in [2.05, 4.69) is 26.1 Å². The van der Waals surface area contributed by atoms with Gasteiger partial charge in [0.15, 0.2) is 0 Å². The molecule has 5 nitrogen and oxygen atoms in total. The van der Waals surface area contributed by atoms with Crippen LogP contribution in [0.3, 0.4) is 0 Å². The van der Waals surface area contributed by atoms with Crippen molar-refractivity contribution in [3.8, 4) is 0 Å². The molecule has 4 rings (SSSR count). The van der Waals surface area contributed by atoms with E-state index in [4.69, 9.17) is 12.2 Å². The second kappa shape index (κ2) is 8.39. The van der Waals surface area contributed by atoms with E-state index in [1.165, 1.54) is 11.8 Å². The van der Waals surface area contributed by atoms with Crippen LogP contribution < -0.4 is 10.9 Å². The fraction of sp³-hybridized carbons (Fsp3) is 0.350. The highest BCUT2D eigenvalue weighted by Crippen LogP contribution is 2.36. The molecule has 1 saturated heterocycles. The molecule has 2 aliphatic heterocycles. The SMILES string of the molecule is O=C(CSC(=S)N1C[C@@H]2C[C@@H](C1)c1cccc(=O)n1C2)Nc1ccc(Br)cc1. The zero-order valence-electron chi connectivity index (χ0n) is 15.1. The van der Waals surface area contributed by atoms with Crippen molar-refractivity contribution in [2.75, 3.05) is 24.2 Å². The van der Waals surface area contributed by atoms with Crippen LogP contribution in [-0.4, -0.2) is 38.5 Å². The smallest absolute Gasteiger partial charge is 0.250 e. The van der Waals surface area contributed by atoms with Gasteiger partial charge in [0.1, 0.15) is 4.32 Å². The molecule has 28 heavy (non-hydrogen) atoms. The van der Waals surface area contributed by atoms with Crippen molar-refractivity contribution < 1.29 is 4.79 Å². The Labute approximate surface area is 181 Å². The minimum absolute atomic E-state index is 0.0660. The first-order valence-corrected chi connectivity index (χ1v) is 11.3. The highest BCUT2D eigenvalue weighted by molar-refractivity contribution is 9.10. The minimum Gasteiger partial charge on any atom is -0.356 e. The lowest BCUT2D eigenvalue weighted by molar-refractivity contribution is -0.113. The number of likely N-dealkylation sites (tertiary alicyclic amines) is 1. The fourth-order valence-electron chi connectivity index (χ4n) is 3.99. The summed E-state index contributed by atoms with van der Waals surface area (Å²) in [5.74, 6) is 0.957. The number of nitrogens with one attached hydrogen (secondary N) is 1. The molecule has 1 amide bonds. The van der Waals surface area contributed by atoms with Gasteiger partial charge in [0.25, 0.3) is 5.56 Å². The van der Waals surface area contributed by atoms with Gasteiger partial charge >= 0.3 is 0 Å². The Kier molecular flexibility index (Phi) is 5.89. The van der Waals surface area contributed by atoms with Crippen molar-refractivity contribution >= 4 is 55.8 Å². The van der Waals surface area contributed by atoms with Crippen LogP contribution in [0.1, 0.15) is 18.0 Å². The monoisotopic (exact) mass is 477 g/mol. The van der Waals surface area contributed by atoms with Crippen LogP contribution in [0, 0.1) is 5.92 Å². The summed E-state index contributed by atoms with van der Waals surface area (Å²) in [4.78, 5) is 26.6. The average Bonchev–Trinajstić information content (AvgIpc) is 2.68. The van der Waals surface area contributed by atoms with Gasteiger partial charge in [-0.1, -0.05) is 46.0 Å². The first-order chi connectivity index (χ1) is 13.5. The van der Waals surface area contributed by atoms with E-state index in [9.17, 15) is 9.59 Å². The van der Waals surface area contributed by atoms with Crippen molar-refractivity contribution in [3.63, 3.8) is 0 Å². The molecule has 1 aromatic heterocycles. The number of carbonyl (C=O) groups excluding carboxylic acids is 1. The van der Waals surface area contributed by atoms with E-state index in [0.29, 0.717) is 11.8 Å². The number of hydrogen-bond donors (Lipinski definition) is 1. The molecule has 0 radical (unpaired) electrons. The third kappa shape index (κ3) is 4.34. The highest BCUT2D eigenvalue weighted by Gasteiger charge is 2.35. The molecule has 2 bridgehead atoms. The van der Waals surface area contributed by atoms with Gasteiger partial charge in [-0.15, -0.1) is 0 Å². The lowest BCUT2D eigenvalue weighted by Crippen LogP contribution is -2.48. The molecule has 8 heteroatoms. The van der Waals surface area contributed by atoms with E-state index in [1.807, 2.05) is 41.0 Å². The molecule has 0 aliphatic carbocycles. The summed E-state index contributed by atoms with van der Waals surface area (Å²) in [6, 6.07) is 13.0. The molecule has 2 atom stereocenters.